The van der Waals surface area contributed by atoms with Gasteiger partial charge in [0.15, 0.2) is 0 Å². The third kappa shape index (κ3) is 4.56. The maximum Gasteiger partial charge on any atom is 0.264 e. The summed E-state index contributed by atoms with van der Waals surface area (Å²) in [6.45, 7) is 3.50. The number of carbonyl (C=O) groups is 1. The Bertz CT molecular complexity index is 1130. The highest BCUT2D eigenvalue weighted by atomic mass is 19.1. The molecule has 2 heterocycles. The zero-order valence-corrected chi connectivity index (χ0v) is 17.3. The van der Waals surface area contributed by atoms with E-state index in [0.29, 0.717) is 35.8 Å². The van der Waals surface area contributed by atoms with Gasteiger partial charge in [0.25, 0.3) is 5.91 Å². The molecular formula is C25H23FN4O. The third-order valence-corrected chi connectivity index (χ3v) is 5.60. The van der Waals surface area contributed by atoms with Crippen molar-refractivity contribution in [3.05, 3.63) is 77.7 Å². The first kappa shape index (κ1) is 20.5. The summed E-state index contributed by atoms with van der Waals surface area (Å²) in [6, 6.07) is 17.7. The molecule has 0 atom stereocenters. The van der Waals surface area contributed by atoms with Gasteiger partial charge in [-0.05, 0) is 61.2 Å². The van der Waals surface area contributed by atoms with Crippen LogP contribution in [0.1, 0.15) is 25.3 Å². The number of nitriles is 1. The van der Waals surface area contributed by atoms with Gasteiger partial charge >= 0.3 is 0 Å². The summed E-state index contributed by atoms with van der Waals surface area (Å²) in [5, 5.41) is 14.4. The number of rotatable bonds is 4. The maximum atomic E-state index is 13.4. The van der Waals surface area contributed by atoms with Crippen LogP contribution in [-0.4, -0.2) is 33.7 Å². The van der Waals surface area contributed by atoms with Crippen LogP contribution in [0.15, 0.2) is 66.4 Å². The van der Waals surface area contributed by atoms with Gasteiger partial charge in [0.2, 0.25) is 0 Å². The van der Waals surface area contributed by atoms with Crippen molar-refractivity contribution in [2.24, 2.45) is 5.92 Å². The fourth-order valence-corrected chi connectivity index (χ4v) is 3.72. The van der Waals surface area contributed by atoms with E-state index in [1.807, 2.05) is 30.3 Å². The van der Waals surface area contributed by atoms with Crippen molar-refractivity contribution in [1.29, 1.82) is 5.26 Å². The van der Waals surface area contributed by atoms with Gasteiger partial charge in [-0.15, -0.1) is 0 Å². The van der Waals surface area contributed by atoms with Gasteiger partial charge in [-0.25, -0.2) is 9.07 Å². The van der Waals surface area contributed by atoms with Crippen LogP contribution in [0.25, 0.3) is 23.0 Å². The SMILES string of the molecule is CC1CCN(C(=O)/C(C#N)=C\c2cn(-c3ccccc3)nc2-c2ccc(F)cc2)CC1. The molecule has 1 aliphatic heterocycles. The van der Waals surface area contributed by atoms with Crippen molar-refractivity contribution in [1.82, 2.24) is 14.7 Å². The van der Waals surface area contributed by atoms with E-state index in [-0.39, 0.29) is 17.3 Å². The molecule has 1 aromatic heterocycles. The smallest absolute Gasteiger partial charge is 0.264 e. The van der Waals surface area contributed by atoms with Crippen molar-refractivity contribution < 1.29 is 9.18 Å². The predicted octanol–water partition coefficient (Wildman–Crippen LogP) is 4.84. The van der Waals surface area contributed by atoms with E-state index in [2.05, 4.69) is 18.1 Å². The van der Waals surface area contributed by atoms with Crippen molar-refractivity contribution in [3.8, 4) is 23.0 Å². The normalized spacial score (nSPS) is 15.0. The first-order chi connectivity index (χ1) is 15.0. The number of para-hydroxylation sites is 1. The lowest BCUT2D eigenvalue weighted by molar-refractivity contribution is -0.127. The molecule has 1 aliphatic rings. The maximum absolute atomic E-state index is 13.4. The number of halogens is 1. The van der Waals surface area contributed by atoms with Gasteiger partial charge in [0.05, 0.1) is 11.4 Å². The molecule has 0 spiro atoms. The number of aromatic nitrogens is 2. The molecule has 0 aliphatic carbocycles. The lowest BCUT2D eigenvalue weighted by Gasteiger charge is -2.30. The molecule has 0 N–H and O–H groups in total. The summed E-state index contributed by atoms with van der Waals surface area (Å²) in [4.78, 5) is 14.7. The quantitative estimate of drug-likeness (QED) is 0.453. The molecule has 0 radical (unpaired) electrons. The first-order valence-electron chi connectivity index (χ1n) is 10.4. The molecule has 4 rings (SSSR count). The monoisotopic (exact) mass is 414 g/mol. The second-order valence-corrected chi connectivity index (χ2v) is 7.86. The molecule has 1 fully saturated rings. The van der Waals surface area contributed by atoms with Crippen LogP contribution in [0.2, 0.25) is 0 Å². The molecular weight excluding hydrogens is 391 g/mol. The number of amides is 1. The molecule has 0 saturated carbocycles. The van der Waals surface area contributed by atoms with Crippen molar-refractivity contribution in [2.75, 3.05) is 13.1 Å². The Hall–Kier alpha value is -3.72. The zero-order valence-electron chi connectivity index (χ0n) is 17.3. The summed E-state index contributed by atoms with van der Waals surface area (Å²) in [7, 11) is 0. The van der Waals surface area contributed by atoms with Gasteiger partial charge in [-0.2, -0.15) is 10.4 Å². The highest BCUT2D eigenvalue weighted by molar-refractivity contribution is 6.02. The molecule has 3 aromatic rings. The number of hydrogen-bond donors (Lipinski definition) is 0. The lowest BCUT2D eigenvalue weighted by Crippen LogP contribution is -2.38. The van der Waals surface area contributed by atoms with Crippen molar-refractivity contribution >= 4 is 12.0 Å². The fourth-order valence-electron chi connectivity index (χ4n) is 3.72. The van der Waals surface area contributed by atoms with Crippen molar-refractivity contribution in [2.45, 2.75) is 19.8 Å². The second kappa shape index (κ2) is 8.97. The van der Waals surface area contributed by atoms with Crippen LogP contribution in [0.3, 0.4) is 0 Å². The molecule has 1 amide bonds. The largest absolute Gasteiger partial charge is 0.338 e. The number of nitrogens with zero attached hydrogens (tertiary/aromatic N) is 4. The minimum Gasteiger partial charge on any atom is -0.338 e. The molecule has 156 valence electrons. The molecule has 6 heteroatoms. The minimum absolute atomic E-state index is 0.0746. The summed E-state index contributed by atoms with van der Waals surface area (Å²) in [6.07, 6.45) is 5.26. The number of likely N-dealkylation sites (tertiary alicyclic amines) is 1. The van der Waals surface area contributed by atoms with Crippen LogP contribution >= 0.6 is 0 Å². The molecule has 1 saturated heterocycles. The second-order valence-electron chi connectivity index (χ2n) is 7.86. The van der Waals surface area contributed by atoms with E-state index in [0.717, 1.165) is 18.5 Å². The summed E-state index contributed by atoms with van der Waals surface area (Å²) >= 11 is 0. The van der Waals surface area contributed by atoms with E-state index in [1.54, 1.807) is 34.0 Å². The average molecular weight is 414 g/mol. The number of piperidine rings is 1. The van der Waals surface area contributed by atoms with Crippen LogP contribution in [0.4, 0.5) is 4.39 Å². The Morgan fingerprint density at radius 3 is 2.45 bits per heavy atom. The Kier molecular flexibility index (Phi) is 5.94. The van der Waals surface area contributed by atoms with Crippen LogP contribution in [0, 0.1) is 23.1 Å². The molecule has 31 heavy (non-hydrogen) atoms. The first-order valence-corrected chi connectivity index (χ1v) is 10.4. The highest BCUT2D eigenvalue weighted by Crippen LogP contribution is 2.27. The van der Waals surface area contributed by atoms with Gasteiger partial charge < -0.3 is 4.90 Å². The van der Waals surface area contributed by atoms with Gasteiger partial charge in [0.1, 0.15) is 17.5 Å². The molecule has 0 unspecified atom stereocenters. The Morgan fingerprint density at radius 2 is 1.81 bits per heavy atom. The predicted molar refractivity (Wildman–Crippen MR) is 118 cm³/mol. The number of benzene rings is 2. The van der Waals surface area contributed by atoms with Crippen LogP contribution in [-0.2, 0) is 4.79 Å². The summed E-state index contributed by atoms with van der Waals surface area (Å²) in [5.74, 6) is -0.00443. The zero-order chi connectivity index (χ0) is 21.8. The summed E-state index contributed by atoms with van der Waals surface area (Å²) < 4.78 is 15.1. The number of carbonyl (C=O) groups excluding carboxylic acids is 1. The molecule has 2 aromatic carbocycles. The van der Waals surface area contributed by atoms with E-state index < -0.39 is 0 Å². The Labute approximate surface area is 181 Å². The van der Waals surface area contributed by atoms with E-state index in [4.69, 9.17) is 0 Å². The highest BCUT2D eigenvalue weighted by Gasteiger charge is 2.24. The van der Waals surface area contributed by atoms with Crippen LogP contribution in [0.5, 0.6) is 0 Å². The van der Waals surface area contributed by atoms with Gasteiger partial charge in [-0.1, -0.05) is 25.1 Å². The van der Waals surface area contributed by atoms with E-state index in [1.165, 1.54) is 12.1 Å². The summed E-state index contributed by atoms with van der Waals surface area (Å²) in [5.41, 5.74) is 2.84. The standard InChI is InChI=1S/C25H23FN4O/c1-18-11-13-29(14-12-18)25(31)20(16-27)15-21-17-30(23-5-3-2-4-6-23)28-24(21)19-7-9-22(26)10-8-19/h2-10,15,17-18H,11-14H2,1H3/b20-15-. The van der Waals surface area contributed by atoms with Gasteiger partial charge in [0, 0.05) is 30.4 Å². The molecule has 0 bridgehead atoms. The Balaban J connectivity index is 1.74. The lowest BCUT2D eigenvalue weighted by atomic mass is 9.98. The van der Waals surface area contributed by atoms with Crippen molar-refractivity contribution in [3.63, 3.8) is 0 Å². The van der Waals surface area contributed by atoms with E-state index >= 15 is 0 Å². The average Bonchev–Trinajstić information content (AvgIpc) is 3.22. The van der Waals surface area contributed by atoms with Gasteiger partial charge in [-0.3, -0.25) is 4.79 Å². The van der Waals surface area contributed by atoms with E-state index in [9.17, 15) is 14.4 Å². The topological polar surface area (TPSA) is 61.9 Å². The Morgan fingerprint density at radius 1 is 1.13 bits per heavy atom. The molecule has 5 nitrogen and oxygen atoms in total. The van der Waals surface area contributed by atoms with Crippen LogP contribution < -0.4 is 0 Å². The third-order valence-electron chi connectivity index (χ3n) is 5.60. The number of hydrogen-bond acceptors (Lipinski definition) is 3. The minimum atomic E-state index is -0.337. The fraction of sp³-hybridized carbons (Fsp3) is 0.240.